The molecule has 0 aliphatic carbocycles. The number of carbonyl (C=O) groups excluding carboxylic acids is 1. The third kappa shape index (κ3) is 3.57. The van der Waals surface area contributed by atoms with Crippen molar-refractivity contribution in [2.75, 3.05) is 0 Å². The van der Waals surface area contributed by atoms with Crippen LogP contribution in [0.4, 0.5) is 13.2 Å². The number of hydrogen-bond acceptors (Lipinski definition) is 3. The van der Waals surface area contributed by atoms with E-state index >= 15 is 0 Å². The molecule has 2 aromatic heterocycles. The van der Waals surface area contributed by atoms with Gasteiger partial charge in [-0.15, -0.1) is 0 Å². The monoisotopic (exact) mass is 378 g/mol. The third-order valence-electron chi connectivity index (χ3n) is 4.25. The van der Waals surface area contributed by atoms with Crippen LogP contribution in [0.2, 0.25) is 0 Å². The van der Waals surface area contributed by atoms with Gasteiger partial charge in [0.1, 0.15) is 0 Å². The Labute approximate surface area is 152 Å². The summed E-state index contributed by atoms with van der Waals surface area (Å²) >= 11 is 0. The van der Waals surface area contributed by atoms with Gasteiger partial charge in [0.2, 0.25) is 0 Å². The molecule has 1 aromatic carbocycles. The van der Waals surface area contributed by atoms with Crippen LogP contribution >= 0.6 is 0 Å². The molecule has 0 saturated carbocycles. The second-order valence-corrected chi connectivity index (χ2v) is 6.33. The van der Waals surface area contributed by atoms with Crippen molar-refractivity contribution in [3.8, 4) is 0 Å². The average molecular weight is 378 g/mol. The van der Waals surface area contributed by atoms with E-state index in [2.05, 4.69) is 15.4 Å². The molecule has 2 N–H and O–H groups in total. The van der Waals surface area contributed by atoms with E-state index in [4.69, 9.17) is 0 Å². The van der Waals surface area contributed by atoms with Crippen LogP contribution in [0.3, 0.4) is 0 Å². The van der Waals surface area contributed by atoms with E-state index in [0.717, 1.165) is 12.1 Å². The molecular weight excluding hydrogens is 361 g/mol. The number of benzene rings is 1. The molecule has 1 amide bonds. The van der Waals surface area contributed by atoms with Crippen molar-refractivity contribution in [3.63, 3.8) is 0 Å². The van der Waals surface area contributed by atoms with E-state index in [0.29, 0.717) is 16.9 Å². The number of rotatable bonds is 3. The first-order valence-electron chi connectivity index (χ1n) is 8.12. The lowest BCUT2D eigenvalue weighted by molar-refractivity contribution is -0.137. The van der Waals surface area contributed by atoms with Gasteiger partial charge in [-0.2, -0.15) is 13.2 Å². The number of halogens is 3. The van der Waals surface area contributed by atoms with Gasteiger partial charge < -0.3 is 5.32 Å². The van der Waals surface area contributed by atoms with Crippen LogP contribution in [0, 0.1) is 6.92 Å². The van der Waals surface area contributed by atoms with Crippen LogP contribution in [0.25, 0.3) is 11.0 Å². The van der Waals surface area contributed by atoms with Crippen molar-refractivity contribution in [1.29, 1.82) is 0 Å². The van der Waals surface area contributed by atoms with Crippen molar-refractivity contribution >= 4 is 16.9 Å². The average Bonchev–Trinajstić information content (AvgIpc) is 2.87. The van der Waals surface area contributed by atoms with Crippen LogP contribution in [0.15, 0.2) is 35.1 Å². The molecule has 142 valence electrons. The Morgan fingerprint density at radius 2 is 2.00 bits per heavy atom. The molecule has 0 aliphatic rings. The lowest BCUT2D eigenvalue weighted by Crippen LogP contribution is -2.28. The second kappa shape index (κ2) is 6.57. The Balaban J connectivity index is 1.95. The maximum Gasteiger partial charge on any atom is 0.416 e. The number of nitrogens with zero attached hydrogens (tertiary/aromatic N) is 2. The molecule has 6 nitrogen and oxygen atoms in total. The summed E-state index contributed by atoms with van der Waals surface area (Å²) in [7, 11) is 1.60. The van der Waals surface area contributed by atoms with E-state index in [-0.39, 0.29) is 10.9 Å². The summed E-state index contributed by atoms with van der Waals surface area (Å²) in [6, 6.07) is 5.54. The van der Waals surface area contributed by atoms with Crippen LogP contribution in [0.5, 0.6) is 0 Å². The molecule has 0 fully saturated rings. The largest absolute Gasteiger partial charge is 0.416 e. The minimum atomic E-state index is -4.47. The Morgan fingerprint density at radius 3 is 2.67 bits per heavy atom. The van der Waals surface area contributed by atoms with Gasteiger partial charge in [0.15, 0.2) is 5.65 Å². The fourth-order valence-corrected chi connectivity index (χ4v) is 2.91. The number of amides is 1. The topological polar surface area (TPSA) is 79.8 Å². The number of hydrogen-bond donors (Lipinski definition) is 2. The molecule has 0 radical (unpaired) electrons. The predicted molar refractivity (Wildman–Crippen MR) is 93.4 cm³/mol. The Kier molecular flexibility index (Phi) is 4.54. The number of aromatic amines is 1. The molecule has 0 aliphatic heterocycles. The van der Waals surface area contributed by atoms with Crippen molar-refractivity contribution in [2.24, 2.45) is 7.05 Å². The molecule has 1 atom stereocenters. The molecule has 9 heteroatoms. The number of aromatic nitrogens is 3. The molecular formula is C18H17F3N4O2. The SMILES string of the molecule is Cc1cc(C(=O)NC(C)c2cccc(C(F)(F)F)c2)c2c(=O)[nH]n(C)c2n1. The standard InChI is InChI=1S/C18H17F3N4O2/c1-9-7-13(14-15(22-9)25(3)24-17(14)27)16(26)23-10(2)11-5-4-6-12(8-11)18(19,20)21/h4-8,10H,1-3H3,(H,23,26)(H,24,27). The molecule has 1 unspecified atom stereocenters. The Hall–Kier alpha value is -3.10. The molecule has 0 bridgehead atoms. The van der Waals surface area contributed by atoms with Crippen molar-refractivity contribution in [2.45, 2.75) is 26.1 Å². The highest BCUT2D eigenvalue weighted by Crippen LogP contribution is 2.30. The molecule has 0 spiro atoms. The smallest absolute Gasteiger partial charge is 0.345 e. The predicted octanol–water partition coefficient (Wildman–Crippen LogP) is 3.08. The van der Waals surface area contributed by atoms with Crippen LogP contribution in [-0.2, 0) is 13.2 Å². The second-order valence-electron chi connectivity index (χ2n) is 6.33. The quantitative estimate of drug-likeness (QED) is 0.735. The zero-order valence-electron chi connectivity index (χ0n) is 14.8. The Bertz CT molecular complexity index is 1080. The fourth-order valence-electron chi connectivity index (χ4n) is 2.91. The number of alkyl halides is 3. The first-order chi connectivity index (χ1) is 12.6. The number of H-pyrrole nitrogens is 1. The first-order valence-corrected chi connectivity index (χ1v) is 8.12. The van der Waals surface area contributed by atoms with E-state index in [1.54, 1.807) is 20.9 Å². The summed E-state index contributed by atoms with van der Waals surface area (Å²) in [6.07, 6.45) is -4.47. The van der Waals surface area contributed by atoms with Gasteiger partial charge in [-0.25, -0.2) is 4.98 Å². The van der Waals surface area contributed by atoms with E-state index < -0.39 is 29.2 Å². The van der Waals surface area contributed by atoms with Gasteiger partial charge in [-0.05, 0) is 37.6 Å². The minimum Gasteiger partial charge on any atom is -0.345 e. The van der Waals surface area contributed by atoms with Gasteiger partial charge >= 0.3 is 6.18 Å². The van der Waals surface area contributed by atoms with Gasteiger partial charge in [0.05, 0.1) is 22.6 Å². The summed E-state index contributed by atoms with van der Waals surface area (Å²) < 4.78 is 40.1. The fraction of sp³-hybridized carbons (Fsp3) is 0.278. The summed E-state index contributed by atoms with van der Waals surface area (Å²) in [6.45, 7) is 3.26. The maximum absolute atomic E-state index is 12.9. The van der Waals surface area contributed by atoms with Gasteiger partial charge in [-0.1, -0.05) is 12.1 Å². The molecule has 3 rings (SSSR count). The summed E-state index contributed by atoms with van der Waals surface area (Å²) in [5.74, 6) is -0.563. The normalized spacial score (nSPS) is 13.0. The lowest BCUT2D eigenvalue weighted by Gasteiger charge is -2.16. The molecule has 27 heavy (non-hydrogen) atoms. The number of nitrogens with one attached hydrogen (secondary N) is 2. The third-order valence-corrected chi connectivity index (χ3v) is 4.25. The Morgan fingerprint density at radius 1 is 1.30 bits per heavy atom. The highest BCUT2D eigenvalue weighted by atomic mass is 19.4. The van der Waals surface area contributed by atoms with Crippen molar-refractivity contribution < 1.29 is 18.0 Å². The van der Waals surface area contributed by atoms with Gasteiger partial charge in [0, 0.05) is 12.7 Å². The highest BCUT2D eigenvalue weighted by molar-refractivity contribution is 6.05. The summed E-state index contributed by atoms with van der Waals surface area (Å²) in [5, 5.41) is 5.33. The molecule has 2 heterocycles. The lowest BCUT2D eigenvalue weighted by atomic mass is 10.0. The van der Waals surface area contributed by atoms with Gasteiger partial charge in [0.25, 0.3) is 11.5 Å². The van der Waals surface area contributed by atoms with Crippen LogP contribution in [-0.4, -0.2) is 20.7 Å². The first kappa shape index (κ1) is 18.7. The molecule has 3 aromatic rings. The number of carbonyl (C=O) groups is 1. The summed E-state index contributed by atoms with van der Waals surface area (Å²) in [4.78, 5) is 29.1. The summed E-state index contributed by atoms with van der Waals surface area (Å²) in [5.41, 5.74) is 0.0470. The van der Waals surface area contributed by atoms with E-state index in [9.17, 15) is 22.8 Å². The number of pyridine rings is 1. The minimum absolute atomic E-state index is 0.123. The zero-order valence-corrected chi connectivity index (χ0v) is 14.8. The van der Waals surface area contributed by atoms with Crippen molar-refractivity contribution in [3.05, 3.63) is 63.1 Å². The van der Waals surface area contributed by atoms with Gasteiger partial charge in [-0.3, -0.25) is 19.4 Å². The number of fused-ring (bicyclic) bond motifs is 1. The van der Waals surface area contributed by atoms with E-state index in [1.807, 2.05) is 0 Å². The van der Waals surface area contributed by atoms with E-state index in [1.165, 1.54) is 22.9 Å². The highest BCUT2D eigenvalue weighted by Gasteiger charge is 2.31. The van der Waals surface area contributed by atoms with Crippen LogP contribution < -0.4 is 10.9 Å². The molecule has 0 saturated heterocycles. The number of aryl methyl sites for hydroxylation is 2. The van der Waals surface area contributed by atoms with Crippen molar-refractivity contribution in [1.82, 2.24) is 20.1 Å². The maximum atomic E-state index is 12.9. The zero-order chi connectivity index (χ0) is 19.9. The van der Waals surface area contributed by atoms with Crippen LogP contribution in [0.1, 0.15) is 40.1 Å².